The Balaban J connectivity index is 0.00000200. The molecule has 4 aromatic carbocycles. The fourth-order valence-electron chi connectivity index (χ4n) is 18.8. The van der Waals surface area contributed by atoms with Gasteiger partial charge in [-0.2, -0.15) is 0 Å². The van der Waals surface area contributed by atoms with Gasteiger partial charge in [-0.3, -0.25) is 0 Å². The number of phenolic OH excluding ortho intramolecular Hbond substituents is 2. The molecule has 0 saturated heterocycles. The summed E-state index contributed by atoms with van der Waals surface area (Å²) in [5.41, 5.74) is 13.2. The molecule has 8 aromatic rings. The first-order chi connectivity index (χ1) is 40.7. The molecule has 15 heteroatoms. The van der Waals surface area contributed by atoms with Crippen LogP contribution >= 0.6 is 0 Å². The average molecular weight is 1440 g/mol. The number of hydrogen-bond donors (Lipinski definition) is 3. The number of aromatic nitrogens is 8. The van der Waals surface area contributed by atoms with E-state index in [0.29, 0.717) is 86.2 Å². The molecule has 10 atom stereocenters. The number of halogens is 4. The van der Waals surface area contributed by atoms with Crippen LogP contribution in [0.2, 0.25) is 0 Å². The van der Waals surface area contributed by atoms with Gasteiger partial charge < -0.3 is 83.2 Å². The lowest BCUT2D eigenvalue weighted by Crippen LogP contribution is -3.00. The number of hydrogen-bond acceptors (Lipinski definition) is 3. The Morgan fingerprint density at radius 2 is 0.852 bits per heavy atom. The van der Waals surface area contributed by atoms with Crippen molar-refractivity contribution in [3.05, 3.63) is 202 Å². The van der Waals surface area contributed by atoms with Crippen LogP contribution in [0.1, 0.15) is 164 Å². The molecule has 5 heterocycles. The highest BCUT2D eigenvalue weighted by Gasteiger charge is 2.62. The van der Waals surface area contributed by atoms with Gasteiger partial charge in [0.15, 0.2) is 0 Å². The topological polar surface area (TPSA) is 95.9 Å². The maximum atomic E-state index is 12.6. The molecule has 4 aromatic heterocycles. The van der Waals surface area contributed by atoms with Crippen molar-refractivity contribution in [3.63, 3.8) is 0 Å². The van der Waals surface area contributed by atoms with E-state index in [1.807, 2.05) is 0 Å². The first-order valence-electron chi connectivity index (χ1n) is 31.4. The molecule has 4 fully saturated rings. The van der Waals surface area contributed by atoms with Crippen molar-refractivity contribution in [2.24, 2.45) is 39.9 Å². The van der Waals surface area contributed by atoms with E-state index in [1.165, 1.54) is 50.9 Å². The standard InChI is InChI=1S/C73H80N8O3.4BrH/c1-6-70(3)22-20-66-60-16-14-56-62(58(60)18-23-71(66,70)4)36-54-42-78-30-26-74(46-78)38-50-10-8-11-51(34-50)39-75-27-31-79(47-75)43-55-37-63-57(15-17-61-59(63)19-24-72(5)67(61)21-25-73(72,84)7-2)65(69(55)83)45-81-33-29-77(49-81)41-53-13-9-12-52(35-53)40-76-28-32-80(48-76)44-64(56)68(54)82;;;;/h1-2,8-13,26-37,46-49,58-61,66-67,84H,14-25,38-45H2,3-5H3;4*1H/q+2;;;;/p-2/t58-,59-,60+,61+,66-,67-,70+,71-,72-,73-;;;;/m0..../s1. The minimum atomic E-state index is -1.06. The van der Waals surface area contributed by atoms with Crippen molar-refractivity contribution in [2.75, 3.05) is 0 Å². The van der Waals surface area contributed by atoms with E-state index in [9.17, 15) is 15.3 Å². The summed E-state index contributed by atoms with van der Waals surface area (Å²) in [4.78, 5) is 0. The van der Waals surface area contributed by atoms with E-state index in [2.05, 4.69) is 205 Å². The van der Waals surface area contributed by atoms with Crippen molar-refractivity contribution in [1.29, 1.82) is 0 Å². The second kappa shape index (κ2) is 24.5. The zero-order chi connectivity index (χ0) is 57.3. The van der Waals surface area contributed by atoms with Gasteiger partial charge in [0, 0.05) is 33.1 Å². The molecular weight excluding hydrogens is 1360 g/mol. The molecule has 1 aliphatic heterocycles. The molecule has 15 rings (SSSR count). The molecular formula is C73H82Br4N8O3. The van der Waals surface area contributed by atoms with E-state index in [0.717, 1.165) is 106 Å². The van der Waals surface area contributed by atoms with E-state index in [-0.39, 0.29) is 84.2 Å². The van der Waals surface area contributed by atoms with Crippen LogP contribution in [0.4, 0.5) is 0 Å². The van der Waals surface area contributed by atoms with Crippen LogP contribution in [0.15, 0.2) is 136 Å². The van der Waals surface area contributed by atoms with Crippen LogP contribution in [-0.2, 0) is 65.2 Å². The number of aliphatic hydroxyl groups is 1. The third-order valence-corrected chi connectivity index (χ3v) is 23.5. The summed E-state index contributed by atoms with van der Waals surface area (Å²) in [6, 6.07) is 22.6. The minimum Gasteiger partial charge on any atom is -1.00 e. The summed E-state index contributed by atoms with van der Waals surface area (Å²) >= 11 is 0. The molecule has 88 heavy (non-hydrogen) atoms. The highest BCUT2D eigenvalue weighted by molar-refractivity contribution is 5.55. The van der Waals surface area contributed by atoms with Crippen molar-refractivity contribution in [3.8, 4) is 36.2 Å². The van der Waals surface area contributed by atoms with Gasteiger partial charge in [0.05, 0.1) is 0 Å². The number of benzene rings is 4. The Morgan fingerprint density at radius 1 is 0.466 bits per heavy atom. The van der Waals surface area contributed by atoms with E-state index in [4.69, 9.17) is 12.8 Å². The number of terminal acetylenes is 2. The average Bonchev–Trinajstić information content (AvgIpc) is 1.43. The molecule has 7 aliphatic rings. The van der Waals surface area contributed by atoms with Gasteiger partial charge in [-0.05, 0) is 194 Å². The highest BCUT2D eigenvalue weighted by atomic mass is 79.9. The normalized spacial score (nSPS) is 28.3. The summed E-state index contributed by atoms with van der Waals surface area (Å²) in [5, 5.41) is 36.9. The molecule has 11 nitrogen and oxygen atoms in total. The monoisotopic (exact) mass is 1430 g/mol. The maximum Gasteiger partial charge on any atom is 0.244 e. The lowest BCUT2D eigenvalue weighted by Gasteiger charge is -2.53. The Bertz CT molecular complexity index is 3770. The molecule has 0 radical (unpaired) electrons. The van der Waals surface area contributed by atoms with Gasteiger partial charge in [0.2, 0.25) is 25.3 Å². The SMILES string of the molecule is C#C[C@]1(C)CC[C@H]2[C@@H]3CCc4c(cc5c(O)c4Cn4cc[n+](c4)Cc4cccc(c4)C[n+]4ccn(c4)Cc4c(O)c(cc6c4CC[C@@H]4[C@@H]6CC[C@@]6(C)[C@H]4CC[C@@]6(O)C#C)Cn4cc[n+](c4)Cc4cccc(c4)C[n+]4ccn(c4)C5)[C@H]3CC[C@@]21C.[Br-].[Br-].[Br-].[Br-]. The molecule has 460 valence electrons. The van der Waals surface area contributed by atoms with Crippen molar-refractivity contribution >= 4 is 0 Å². The van der Waals surface area contributed by atoms with Crippen LogP contribution in [0.5, 0.6) is 11.5 Å². The fraction of sp³-hybridized carbons (Fsp3) is 0.452. The van der Waals surface area contributed by atoms with Crippen molar-refractivity contribution in [1.82, 2.24) is 18.3 Å². The highest BCUT2D eigenvalue weighted by Crippen LogP contribution is 2.68. The summed E-state index contributed by atoms with van der Waals surface area (Å²) in [6.45, 7) is 12.3. The van der Waals surface area contributed by atoms with Gasteiger partial charge in [-0.15, -0.1) is 12.8 Å². The summed E-state index contributed by atoms with van der Waals surface area (Å²) in [6.07, 6.45) is 50.6. The van der Waals surface area contributed by atoms with Gasteiger partial charge in [0.25, 0.3) is 0 Å². The minimum absolute atomic E-state index is 0. The van der Waals surface area contributed by atoms with E-state index >= 15 is 0 Å². The van der Waals surface area contributed by atoms with Crippen LogP contribution < -0.4 is 86.2 Å². The number of phenols is 2. The number of nitrogens with zero attached hydrogens (tertiary/aromatic N) is 8. The second-order valence-electron chi connectivity index (χ2n) is 27.8. The Labute approximate surface area is 561 Å². The molecule has 6 aliphatic carbocycles. The van der Waals surface area contributed by atoms with E-state index < -0.39 is 5.60 Å². The largest absolute Gasteiger partial charge is 1.00 e. The van der Waals surface area contributed by atoms with Crippen LogP contribution in [0.3, 0.4) is 0 Å². The Morgan fingerprint density at radius 3 is 1.26 bits per heavy atom. The first-order valence-corrected chi connectivity index (χ1v) is 31.4. The quantitative estimate of drug-likeness (QED) is 0.120. The van der Waals surface area contributed by atoms with E-state index in [1.54, 1.807) is 0 Å². The summed E-state index contributed by atoms with van der Waals surface area (Å²) in [7, 11) is 0. The van der Waals surface area contributed by atoms with Gasteiger partial charge in [-0.25, -0.2) is 36.5 Å². The van der Waals surface area contributed by atoms with Gasteiger partial charge in [0.1, 0.15) is 119 Å². The summed E-state index contributed by atoms with van der Waals surface area (Å²) < 4.78 is 18.0. The predicted octanol–water partition coefficient (Wildman–Crippen LogP) is -2.11. The molecule has 0 unspecified atom stereocenters. The second-order valence-corrected chi connectivity index (χ2v) is 27.8. The lowest BCUT2D eigenvalue weighted by molar-refractivity contribution is -0.689. The van der Waals surface area contributed by atoms with Crippen molar-refractivity contribution in [2.45, 2.75) is 168 Å². The molecule has 3 N–H and O–H groups in total. The summed E-state index contributed by atoms with van der Waals surface area (Å²) in [5.74, 6) is 9.82. The fourth-order valence-corrected chi connectivity index (χ4v) is 18.8. The van der Waals surface area contributed by atoms with Crippen molar-refractivity contribution < 1.29 is 102 Å². The lowest BCUT2D eigenvalue weighted by atomic mass is 9.51. The molecule has 0 spiro atoms. The third-order valence-electron chi connectivity index (χ3n) is 23.5. The van der Waals surface area contributed by atoms with Gasteiger partial charge in [-0.1, -0.05) is 62.1 Å². The Hall–Kier alpha value is -5.68. The maximum absolute atomic E-state index is 12.6. The number of rotatable bonds is 0. The third kappa shape index (κ3) is 10.8. The number of fused-ring (bicyclic) bond motifs is 28. The Kier molecular flexibility index (Phi) is 17.8. The zero-order valence-electron chi connectivity index (χ0n) is 50.9. The zero-order valence-corrected chi connectivity index (χ0v) is 57.2. The number of imidazole rings is 4. The van der Waals surface area contributed by atoms with Crippen LogP contribution in [0.25, 0.3) is 0 Å². The molecule has 16 bridgehead atoms. The number of aromatic hydroxyl groups is 2. The smallest absolute Gasteiger partial charge is 0.244 e. The first kappa shape index (κ1) is 63.9. The molecule has 0 amide bonds. The van der Waals surface area contributed by atoms with Crippen LogP contribution in [-0.4, -0.2) is 39.2 Å². The predicted molar refractivity (Wildman–Crippen MR) is 320 cm³/mol. The van der Waals surface area contributed by atoms with Crippen LogP contribution in [0, 0.1) is 64.6 Å². The van der Waals surface area contributed by atoms with Gasteiger partial charge >= 0.3 is 0 Å². The molecule has 4 saturated carbocycles.